The minimum Gasteiger partial charge on any atom is -0.269 e. The average molecular weight is 305 g/mol. The van der Waals surface area contributed by atoms with Crippen LogP contribution in [0.2, 0.25) is 0 Å². The Morgan fingerprint density at radius 2 is 2.00 bits per heavy atom. The molecule has 0 amide bonds. The lowest BCUT2D eigenvalue weighted by Gasteiger charge is -2.07. The van der Waals surface area contributed by atoms with Gasteiger partial charge in [-0.1, -0.05) is 0 Å². The number of aromatic nitrogens is 5. The molecule has 7 heteroatoms. The summed E-state index contributed by atoms with van der Waals surface area (Å²) < 4.78 is 30.3. The smallest absolute Gasteiger partial charge is 0.264 e. The molecule has 0 spiro atoms. The fourth-order valence-corrected chi connectivity index (χ4v) is 2.80. The fraction of sp³-hybridized carbons (Fsp3) is 0.400. The zero-order valence-corrected chi connectivity index (χ0v) is 12.9. The SMILES string of the molecule is CCn1ncc(-c2cc(C(F)F)c3c(C)nn(C)c3n2)c1C. The number of alkyl halides is 2. The predicted octanol–water partition coefficient (Wildman–Crippen LogP) is 3.41. The van der Waals surface area contributed by atoms with E-state index in [4.69, 9.17) is 0 Å². The van der Waals surface area contributed by atoms with Gasteiger partial charge >= 0.3 is 0 Å². The quantitative estimate of drug-likeness (QED) is 0.745. The van der Waals surface area contributed by atoms with Gasteiger partial charge in [0.25, 0.3) is 6.43 Å². The van der Waals surface area contributed by atoms with E-state index < -0.39 is 6.43 Å². The molecule has 3 rings (SSSR count). The first-order chi connectivity index (χ1) is 10.4. The van der Waals surface area contributed by atoms with Gasteiger partial charge in [-0.15, -0.1) is 0 Å². The van der Waals surface area contributed by atoms with Crippen LogP contribution < -0.4 is 0 Å². The van der Waals surface area contributed by atoms with E-state index in [1.807, 2.05) is 18.5 Å². The van der Waals surface area contributed by atoms with E-state index in [-0.39, 0.29) is 5.56 Å². The van der Waals surface area contributed by atoms with Crippen molar-refractivity contribution < 1.29 is 8.78 Å². The molecule has 0 bridgehead atoms. The standard InChI is InChI=1S/C15H17F2N5/c1-5-22-9(3)11(7-18-22)12-6-10(14(16)17)13-8(2)20-21(4)15(13)19-12/h6-7,14H,5H2,1-4H3. The number of hydrogen-bond donors (Lipinski definition) is 0. The number of fused-ring (bicyclic) bond motifs is 1. The maximum absolute atomic E-state index is 13.5. The van der Waals surface area contributed by atoms with Crippen LogP contribution in [0.15, 0.2) is 12.3 Å². The van der Waals surface area contributed by atoms with Gasteiger partial charge in [0.2, 0.25) is 0 Å². The Morgan fingerprint density at radius 3 is 2.59 bits per heavy atom. The summed E-state index contributed by atoms with van der Waals surface area (Å²) in [6.45, 7) is 6.33. The summed E-state index contributed by atoms with van der Waals surface area (Å²) in [6.07, 6.45) is -0.903. The Hall–Kier alpha value is -2.31. The molecule has 0 saturated carbocycles. The van der Waals surface area contributed by atoms with Crippen molar-refractivity contribution in [3.05, 3.63) is 29.2 Å². The molecule has 3 aromatic rings. The molecule has 0 aliphatic carbocycles. The third kappa shape index (κ3) is 2.08. The number of rotatable bonds is 3. The highest BCUT2D eigenvalue weighted by Gasteiger charge is 2.21. The topological polar surface area (TPSA) is 48.5 Å². The molecule has 3 heterocycles. The second-order valence-electron chi connectivity index (χ2n) is 5.26. The van der Waals surface area contributed by atoms with E-state index in [1.54, 1.807) is 24.9 Å². The van der Waals surface area contributed by atoms with Gasteiger partial charge in [-0.25, -0.2) is 13.8 Å². The highest BCUT2D eigenvalue weighted by molar-refractivity contribution is 5.85. The molecule has 0 aliphatic heterocycles. The average Bonchev–Trinajstić information content (AvgIpc) is 2.98. The number of halogens is 2. The summed E-state index contributed by atoms with van der Waals surface area (Å²) in [6, 6.07) is 1.45. The van der Waals surface area contributed by atoms with Crippen LogP contribution in [0, 0.1) is 13.8 Å². The van der Waals surface area contributed by atoms with Crippen LogP contribution in [0.3, 0.4) is 0 Å². The molecule has 0 unspecified atom stereocenters. The van der Waals surface area contributed by atoms with Gasteiger partial charge in [0.05, 0.1) is 23.0 Å². The zero-order valence-electron chi connectivity index (χ0n) is 12.9. The molecule has 0 atom stereocenters. The van der Waals surface area contributed by atoms with Gasteiger partial charge in [-0.05, 0) is 26.8 Å². The van der Waals surface area contributed by atoms with Crippen molar-refractivity contribution >= 4 is 11.0 Å². The van der Waals surface area contributed by atoms with Crippen LogP contribution in [-0.2, 0) is 13.6 Å². The molecule has 22 heavy (non-hydrogen) atoms. The van der Waals surface area contributed by atoms with E-state index in [9.17, 15) is 8.78 Å². The highest BCUT2D eigenvalue weighted by Crippen LogP contribution is 2.33. The van der Waals surface area contributed by atoms with Gasteiger partial charge in [0, 0.05) is 30.4 Å². The van der Waals surface area contributed by atoms with E-state index in [2.05, 4.69) is 15.2 Å². The van der Waals surface area contributed by atoms with Crippen LogP contribution in [-0.4, -0.2) is 24.5 Å². The molecular formula is C15H17F2N5. The second kappa shape index (κ2) is 5.15. The van der Waals surface area contributed by atoms with Crippen molar-refractivity contribution in [1.29, 1.82) is 0 Å². The monoisotopic (exact) mass is 305 g/mol. The van der Waals surface area contributed by atoms with Gasteiger partial charge in [0.15, 0.2) is 5.65 Å². The number of hydrogen-bond acceptors (Lipinski definition) is 3. The Labute approximate surface area is 126 Å². The Bertz CT molecular complexity index is 847. The van der Waals surface area contributed by atoms with Gasteiger partial charge in [-0.3, -0.25) is 9.36 Å². The first-order valence-electron chi connectivity index (χ1n) is 7.09. The summed E-state index contributed by atoms with van der Waals surface area (Å²) in [7, 11) is 1.71. The van der Waals surface area contributed by atoms with E-state index >= 15 is 0 Å². The number of nitrogens with zero attached hydrogens (tertiary/aromatic N) is 5. The van der Waals surface area contributed by atoms with Crippen molar-refractivity contribution in [2.24, 2.45) is 7.05 Å². The molecule has 3 aromatic heterocycles. The molecule has 0 saturated heterocycles. The van der Waals surface area contributed by atoms with Gasteiger partial charge in [-0.2, -0.15) is 10.2 Å². The van der Waals surface area contributed by atoms with Crippen molar-refractivity contribution in [2.75, 3.05) is 0 Å². The minimum absolute atomic E-state index is 0.0331. The summed E-state index contributed by atoms with van der Waals surface area (Å²) in [5, 5.41) is 8.90. The summed E-state index contributed by atoms with van der Waals surface area (Å²) in [5.74, 6) is 0. The second-order valence-corrected chi connectivity index (χ2v) is 5.26. The maximum Gasteiger partial charge on any atom is 0.264 e. The van der Waals surface area contributed by atoms with Crippen molar-refractivity contribution in [1.82, 2.24) is 24.5 Å². The first kappa shape index (κ1) is 14.6. The summed E-state index contributed by atoms with van der Waals surface area (Å²) >= 11 is 0. The fourth-order valence-electron chi connectivity index (χ4n) is 2.80. The lowest BCUT2D eigenvalue weighted by molar-refractivity contribution is 0.153. The third-order valence-corrected chi connectivity index (χ3v) is 3.91. The van der Waals surface area contributed by atoms with E-state index in [1.165, 1.54) is 6.07 Å². The van der Waals surface area contributed by atoms with Crippen LogP contribution in [0.4, 0.5) is 8.78 Å². The van der Waals surface area contributed by atoms with Crippen molar-refractivity contribution in [3.63, 3.8) is 0 Å². The first-order valence-corrected chi connectivity index (χ1v) is 7.09. The molecule has 0 N–H and O–H groups in total. The van der Waals surface area contributed by atoms with Gasteiger partial charge < -0.3 is 0 Å². The van der Waals surface area contributed by atoms with Crippen LogP contribution in [0.5, 0.6) is 0 Å². The van der Waals surface area contributed by atoms with Crippen LogP contribution in [0.25, 0.3) is 22.3 Å². The van der Waals surface area contributed by atoms with Gasteiger partial charge in [0.1, 0.15) is 0 Å². The summed E-state index contributed by atoms with van der Waals surface area (Å²) in [5.41, 5.74) is 3.18. The molecule has 0 aliphatic rings. The van der Waals surface area contributed by atoms with Crippen LogP contribution >= 0.6 is 0 Å². The van der Waals surface area contributed by atoms with Crippen molar-refractivity contribution in [2.45, 2.75) is 33.7 Å². The maximum atomic E-state index is 13.5. The number of pyridine rings is 1. The number of aryl methyl sites for hydroxylation is 3. The largest absolute Gasteiger partial charge is 0.269 e. The molecule has 0 aromatic carbocycles. The Balaban J connectivity index is 2.31. The third-order valence-electron chi connectivity index (χ3n) is 3.91. The molecule has 0 fully saturated rings. The lowest BCUT2D eigenvalue weighted by Crippen LogP contribution is -2.00. The minimum atomic E-state index is -2.58. The zero-order chi connectivity index (χ0) is 16.0. The van der Waals surface area contributed by atoms with E-state index in [0.717, 1.165) is 17.8 Å². The summed E-state index contributed by atoms with van der Waals surface area (Å²) in [4.78, 5) is 4.53. The highest BCUT2D eigenvalue weighted by atomic mass is 19.3. The normalized spacial score (nSPS) is 11.8. The molecule has 5 nitrogen and oxygen atoms in total. The predicted molar refractivity (Wildman–Crippen MR) is 79.8 cm³/mol. The van der Waals surface area contributed by atoms with Crippen molar-refractivity contribution in [3.8, 4) is 11.3 Å². The molecule has 0 radical (unpaired) electrons. The van der Waals surface area contributed by atoms with Crippen LogP contribution in [0.1, 0.15) is 30.3 Å². The molecular weight excluding hydrogens is 288 g/mol. The van der Waals surface area contributed by atoms with E-state index in [0.29, 0.717) is 22.4 Å². The Morgan fingerprint density at radius 1 is 1.27 bits per heavy atom. The Kier molecular flexibility index (Phi) is 3.42. The lowest BCUT2D eigenvalue weighted by atomic mass is 10.1. The molecule has 116 valence electrons.